The van der Waals surface area contributed by atoms with E-state index >= 15 is 0 Å². The molecule has 0 aliphatic carbocycles. The van der Waals surface area contributed by atoms with Crippen molar-refractivity contribution in [3.63, 3.8) is 0 Å². The molecule has 21 heavy (non-hydrogen) atoms. The number of H-pyrrole nitrogens is 1. The zero-order valence-electron chi connectivity index (χ0n) is 11.3. The third kappa shape index (κ3) is 2.64. The number of rotatable bonds is 4. The first-order valence-corrected chi connectivity index (χ1v) is 6.82. The van der Waals surface area contributed by atoms with Gasteiger partial charge in [-0.2, -0.15) is 4.98 Å². The van der Waals surface area contributed by atoms with Crippen molar-refractivity contribution in [3.8, 4) is 5.88 Å². The number of aromatic nitrogens is 4. The average molecular weight is 304 g/mol. The molecule has 0 saturated carbocycles. The van der Waals surface area contributed by atoms with Crippen LogP contribution in [0.15, 0.2) is 30.6 Å². The summed E-state index contributed by atoms with van der Waals surface area (Å²) < 4.78 is 20.5. The Labute approximate surface area is 125 Å². The topological polar surface area (TPSA) is 55.7 Å². The highest BCUT2D eigenvalue weighted by Crippen LogP contribution is 2.20. The summed E-state index contributed by atoms with van der Waals surface area (Å²) in [6, 6.07) is 6.44. The number of nitrogens with zero attached hydrogens (tertiary/aromatic N) is 3. The summed E-state index contributed by atoms with van der Waals surface area (Å²) >= 11 is 5.32. The van der Waals surface area contributed by atoms with Crippen LogP contribution < -0.4 is 4.74 Å². The Morgan fingerprint density at radius 3 is 2.76 bits per heavy atom. The Kier molecular flexibility index (Phi) is 3.66. The van der Waals surface area contributed by atoms with Crippen molar-refractivity contribution < 1.29 is 9.13 Å². The summed E-state index contributed by atoms with van der Waals surface area (Å²) in [7, 11) is 1.55. The predicted octanol–water partition coefficient (Wildman–Crippen LogP) is 2.88. The van der Waals surface area contributed by atoms with E-state index < -0.39 is 0 Å². The Morgan fingerprint density at radius 2 is 2.05 bits per heavy atom. The molecular formula is C14H13FN4OS. The van der Waals surface area contributed by atoms with Gasteiger partial charge in [0.05, 0.1) is 7.11 Å². The molecule has 0 bridgehead atoms. The van der Waals surface area contributed by atoms with Gasteiger partial charge >= 0.3 is 0 Å². The minimum absolute atomic E-state index is 0.236. The first kappa shape index (κ1) is 13.7. The van der Waals surface area contributed by atoms with E-state index in [1.165, 1.54) is 18.5 Å². The number of fused-ring (bicyclic) bond motifs is 1. The van der Waals surface area contributed by atoms with Crippen LogP contribution in [0.4, 0.5) is 4.39 Å². The van der Waals surface area contributed by atoms with E-state index in [1.54, 1.807) is 19.2 Å². The fraction of sp³-hybridized carbons (Fsp3) is 0.214. The van der Waals surface area contributed by atoms with Gasteiger partial charge in [0.15, 0.2) is 10.4 Å². The summed E-state index contributed by atoms with van der Waals surface area (Å²) in [4.78, 5) is 11.4. The second-order valence-electron chi connectivity index (χ2n) is 4.54. The minimum Gasteiger partial charge on any atom is -0.479 e. The van der Waals surface area contributed by atoms with E-state index in [9.17, 15) is 4.39 Å². The van der Waals surface area contributed by atoms with E-state index in [4.69, 9.17) is 17.0 Å². The van der Waals surface area contributed by atoms with Crippen LogP contribution in [-0.2, 0) is 13.0 Å². The van der Waals surface area contributed by atoms with E-state index in [1.807, 2.05) is 4.57 Å². The van der Waals surface area contributed by atoms with Gasteiger partial charge < -0.3 is 14.3 Å². The normalized spacial score (nSPS) is 11.0. The quantitative estimate of drug-likeness (QED) is 0.753. The molecule has 0 unspecified atom stereocenters. The van der Waals surface area contributed by atoms with Crippen molar-refractivity contribution in [3.05, 3.63) is 46.7 Å². The van der Waals surface area contributed by atoms with Crippen LogP contribution in [0, 0.1) is 10.6 Å². The first-order valence-electron chi connectivity index (χ1n) is 6.41. The number of benzene rings is 1. The maximum Gasteiger partial charge on any atom is 0.242 e. The van der Waals surface area contributed by atoms with Crippen LogP contribution in [0.5, 0.6) is 5.88 Å². The molecule has 108 valence electrons. The molecule has 0 aliphatic heterocycles. The van der Waals surface area contributed by atoms with E-state index in [0.29, 0.717) is 28.4 Å². The molecule has 1 N–H and O–H groups in total. The zero-order valence-corrected chi connectivity index (χ0v) is 12.2. The Hall–Kier alpha value is -2.28. The molecule has 0 saturated heterocycles. The summed E-state index contributed by atoms with van der Waals surface area (Å²) in [5.74, 6) is 0.228. The number of hydrogen-bond acceptors (Lipinski definition) is 4. The van der Waals surface area contributed by atoms with Gasteiger partial charge in [-0.1, -0.05) is 12.1 Å². The van der Waals surface area contributed by atoms with Gasteiger partial charge in [-0.05, 0) is 36.3 Å². The molecule has 3 aromatic rings. The second kappa shape index (κ2) is 5.61. The van der Waals surface area contributed by atoms with E-state index in [0.717, 1.165) is 12.0 Å². The van der Waals surface area contributed by atoms with Crippen molar-refractivity contribution in [1.29, 1.82) is 0 Å². The highest BCUT2D eigenvalue weighted by atomic mass is 32.1. The smallest absolute Gasteiger partial charge is 0.242 e. The fourth-order valence-corrected chi connectivity index (χ4v) is 2.48. The average Bonchev–Trinajstić information content (AvgIpc) is 2.82. The Bertz CT molecular complexity index is 825. The van der Waals surface area contributed by atoms with Crippen molar-refractivity contribution in [2.24, 2.45) is 0 Å². The summed E-state index contributed by atoms with van der Waals surface area (Å²) in [5, 5.41) is 0. The molecule has 0 amide bonds. The molecule has 0 aliphatic rings. The third-order valence-electron chi connectivity index (χ3n) is 3.26. The monoisotopic (exact) mass is 304 g/mol. The lowest BCUT2D eigenvalue weighted by Gasteiger charge is -2.05. The van der Waals surface area contributed by atoms with Gasteiger partial charge in [-0.25, -0.2) is 9.37 Å². The van der Waals surface area contributed by atoms with E-state index in [-0.39, 0.29) is 5.82 Å². The number of aromatic amines is 1. The number of methoxy groups -OCH3 is 1. The number of nitrogens with one attached hydrogen (secondary N) is 1. The molecule has 0 atom stereocenters. The largest absolute Gasteiger partial charge is 0.479 e. The van der Waals surface area contributed by atoms with Crippen molar-refractivity contribution in [2.75, 3.05) is 7.11 Å². The standard InChI is InChI=1S/C14H13FN4OS/c1-20-13-11-12(16-8-17-13)19(14(21)18-11)7-6-9-2-4-10(15)5-3-9/h2-5,8H,6-7H2,1H3,(H,18,21). The molecule has 5 nitrogen and oxygen atoms in total. The minimum atomic E-state index is -0.236. The number of imidazole rings is 1. The SMILES string of the molecule is COc1ncnc2c1[nH]c(=S)n2CCc1ccc(F)cc1. The molecule has 0 fully saturated rings. The lowest BCUT2D eigenvalue weighted by molar-refractivity contribution is 0.401. The molecule has 7 heteroatoms. The molecule has 2 aromatic heterocycles. The van der Waals surface area contributed by atoms with Gasteiger partial charge in [0.25, 0.3) is 0 Å². The summed E-state index contributed by atoms with van der Waals surface area (Å²) in [6.07, 6.45) is 2.17. The van der Waals surface area contributed by atoms with Crippen molar-refractivity contribution in [1.82, 2.24) is 19.5 Å². The van der Waals surface area contributed by atoms with Crippen LogP contribution in [0.1, 0.15) is 5.56 Å². The van der Waals surface area contributed by atoms with Crippen LogP contribution >= 0.6 is 12.2 Å². The van der Waals surface area contributed by atoms with Gasteiger partial charge in [-0.3, -0.25) is 0 Å². The number of ether oxygens (including phenoxy) is 1. The fourth-order valence-electron chi connectivity index (χ4n) is 2.20. The van der Waals surface area contributed by atoms with Crippen molar-refractivity contribution >= 4 is 23.4 Å². The lowest BCUT2D eigenvalue weighted by Crippen LogP contribution is -2.03. The lowest BCUT2D eigenvalue weighted by atomic mass is 10.1. The van der Waals surface area contributed by atoms with Crippen LogP contribution in [0.25, 0.3) is 11.2 Å². The number of hydrogen-bond donors (Lipinski definition) is 1. The highest BCUT2D eigenvalue weighted by Gasteiger charge is 2.11. The third-order valence-corrected chi connectivity index (χ3v) is 3.58. The van der Waals surface area contributed by atoms with Crippen LogP contribution in [0.3, 0.4) is 0 Å². The first-order chi connectivity index (χ1) is 10.2. The number of aryl methyl sites for hydroxylation is 2. The molecule has 0 radical (unpaired) electrons. The van der Waals surface area contributed by atoms with Gasteiger partial charge in [0, 0.05) is 6.54 Å². The molecule has 3 rings (SSSR count). The van der Waals surface area contributed by atoms with Gasteiger partial charge in [0.2, 0.25) is 5.88 Å². The van der Waals surface area contributed by atoms with Crippen molar-refractivity contribution in [2.45, 2.75) is 13.0 Å². The second-order valence-corrected chi connectivity index (χ2v) is 4.93. The molecular weight excluding hydrogens is 291 g/mol. The predicted molar refractivity (Wildman–Crippen MR) is 79.4 cm³/mol. The maximum absolute atomic E-state index is 12.9. The van der Waals surface area contributed by atoms with Gasteiger partial charge in [-0.15, -0.1) is 0 Å². The maximum atomic E-state index is 12.9. The molecule has 0 spiro atoms. The molecule has 1 aromatic carbocycles. The van der Waals surface area contributed by atoms with E-state index in [2.05, 4.69) is 15.0 Å². The van der Waals surface area contributed by atoms with Crippen LogP contribution in [-0.4, -0.2) is 26.6 Å². The van der Waals surface area contributed by atoms with Gasteiger partial charge in [0.1, 0.15) is 17.7 Å². The Morgan fingerprint density at radius 1 is 1.29 bits per heavy atom. The molecule has 2 heterocycles. The highest BCUT2D eigenvalue weighted by molar-refractivity contribution is 7.71. The summed E-state index contributed by atoms with van der Waals surface area (Å²) in [6.45, 7) is 0.643. The Balaban J connectivity index is 1.92. The zero-order chi connectivity index (χ0) is 14.8. The number of halogens is 1. The summed E-state index contributed by atoms with van der Waals surface area (Å²) in [5.41, 5.74) is 2.42. The van der Waals surface area contributed by atoms with Crippen LogP contribution in [0.2, 0.25) is 0 Å².